The summed E-state index contributed by atoms with van der Waals surface area (Å²) in [6.07, 6.45) is 3.47. The van der Waals surface area contributed by atoms with Gasteiger partial charge in [0.25, 0.3) is 0 Å². The van der Waals surface area contributed by atoms with Crippen molar-refractivity contribution in [1.82, 2.24) is 20.3 Å². The Balaban J connectivity index is 1.27. The number of carbonyl (C=O) groups excluding carboxylic acids is 1. The molecular formula is C17H26N4O2. The Morgan fingerprint density at radius 1 is 1.35 bits per heavy atom. The van der Waals surface area contributed by atoms with Crippen LogP contribution in [-0.4, -0.2) is 60.1 Å². The molecule has 4 rings (SSSR count). The quantitative estimate of drug-likeness (QED) is 0.901. The first-order valence-corrected chi connectivity index (χ1v) is 8.80. The molecule has 1 unspecified atom stereocenters. The number of aryl methyl sites for hydroxylation is 1. The van der Waals surface area contributed by atoms with Crippen molar-refractivity contribution in [2.24, 2.45) is 11.3 Å². The van der Waals surface area contributed by atoms with Gasteiger partial charge in [0.2, 0.25) is 5.91 Å². The summed E-state index contributed by atoms with van der Waals surface area (Å²) in [7, 11) is 0. The lowest BCUT2D eigenvalue weighted by atomic mass is 9.91. The molecule has 1 amide bonds. The van der Waals surface area contributed by atoms with Crippen LogP contribution in [0.5, 0.6) is 0 Å². The van der Waals surface area contributed by atoms with Gasteiger partial charge in [0, 0.05) is 44.7 Å². The Morgan fingerprint density at radius 3 is 2.74 bits per heavy atom. The van der Waals surface area contributed by atoms with Crippen LogP contribution in [0.15, 0.2) is 10.6 Å². The zero-order chi connectivity index (χ0) is 15.9. The molecule has 1 aliphatic carbocycles. The van der Waals surface area contributed by atoms with Crippen LogP contribution in [0.2, 0.25) is 0 Å². The monoisotopic (exact) mass is 318 g/mol. The second-order valence-corrected chi connectivity index (χ2v) is 7.40. The number of piperazine rings is 1. The van der Waals surface area contributed by atoms with E-state index in [2.05, 4.69) is 20.3 Å². The van der Waals surface area contributed by atoms with Crippen molar-refractivity contribution in [3.63, 3.8) is 0 Å². The number of piperidine rings is 1. The van der Waals surface area contributed by atoms with E-state index in [0.29, 0.717) is 17.2 Å². The van der Waals surface area contributed by atoms with Crippen LogP contribution in [0.4, 0.5) is 0 Å². The standard InChI is InChI=1S/C17H26N4O2/c1-13-10-14(19-23-13)12-20-6-8-21(9-7-20)16(22)15-11-17(15)2-4-18-5-3-17/h10,15,18H,2-9,11-12H2,1H3. The lowest BCUT2D eigenvalue weighted by molar-refractivity contribution is -0.135. The van der Waals surface area contributed by atoms with Crippen molar-refractivity contribution in [1.29, 1.82) is 0 Å². The van der Waals surface area contributed by atoms with Gasteiger partial charge >= 0.3 is 0 Å². The molecule has 3 heterocycles. The number of aromatic nitrogens is 1. The average molecular weight is 318 g/mol. The topological polar surface area (TPSA) is 61.6 Å². The fraction of sp³-hybridized carbons (Fsp3) is 0.765. The van der Waals surface area contributed by atoms with Gasteiger partial charge in [-0.3, -0.25) is 9.69 Å². The Hall–Kier alpha value is -1.40. The molecule has 23 heavy (non-hydrogen) atoms. The van der Waals surface area contributed by atoms with E-state index in [0.717, 1.165) is 63.7 Å². The van der Waals surface area contributed by atoms with Gasteiger partial charge in [-0.25, -0.2) is 0 Å². The van der Waals surface area contributed by atoms with Crippen LogP contribution in [-0.2, 0) is 11.3 Å². The minimum atomic E-state index is 0.300. The highest BCUT2D eigenvalue weighted by atomic mass is 16.5. The Labute approximate surface area is 137 Å². The first-order valence-electron chi connectivity index (χ1n) is 8.80. The van der Waals surface area contributed by atoms with E-state index in [1.54, 1.807) is 0 Å². The third kappa shape index (κ3) is 3.02. The van der Waals surface area contributed by atoms with Crippen molar-refractivity contribution in [2.75, 3.05) is 39.3 Å². The van der Waals surface area contributed by atoms with Gasteiger partial charge < -0.3 is 14.7 Å². The largest absolute Gasteiger partial charge is 0.361 e. The molecule has 1 aromatic heterocycles. The van der Waals surface area contributed by atoms with Gasteiger partial charge in [-0.15, -0.1) is 0 Å². The third-order valence-corrected chi connectivity index (χ3v) is 5.83. The van der Waals surface area contributed by atoms with Crippen LogP contribution in [0, 0.1) is 18.3 Å². The summed E-state index contributed by atoms with van der Waals surface area (Å²) >= 11 is 0. The Bertz CT molecular complexity index is 571. The van der Waals surface area contributed by atoms with E-state index in [1.807, 2.05) is 13.0 Å². The number of carbonyl (C=O) groups is 1. The van der Waals surface area contributed by atoms with E-state index < -0.39 is 0 Å². The maximum absolute atomic E-state index is 12.8. The van der Waals surface area contributed by atoms with Crippen molar-refractivity contribution < 1.29 is 9.32 Å². The molecule has 1 N–H and O–H groups in total. The summed E-state index contributed by atoms with van der Waals surface area (Å²) in [5.41, 5.74) is 1.33. The van der Waals surface area contributed by atoms with Crippen molar-refractivity contribution in [3.05, 3.63) is 17.5 Å². The average Bonchev–Trinajstić information content (AvgIpc) is 3.09. The molecule has 2 aliphatic heterocycles. The van der Waals surface area contributed by atoms with Crippen LogP contribution >= 0.6 is 0 Å². The predicted molar refractivity (Wildman–Crippen MR) is 85.7 cm³/mol. The van der Waals surface area contributed by atoms with Gasteiger partial charge in [0.15, 0.2) is 0 Å². The molecule has 0 aromatic carbocycles. The molecular weight excluding hydrogens is 292 g/mol. The third-order valence-electron chi connectivity index (χ3n) is 5.83. The van der Waals surface area contributed by atoms with E-state index in [4.69, 9.17) is 4.52 Å². The SMILES string of the molecule is Cc1cc(CN2CCN(C(=O)C3CC34CCNCC4)CC2)no1. The van der Waals surface area contributed by atoms with E-state index >= 15 is 0 Å². The number of hydrogen-bond acceptors (Lipinski definition) is 5. The lowest BCUT2D eigenvalue weighted by Crippen LogP contribution is -2.49. The zero-order valence-corrected chi connectivity index (χ0v) is 13.9. The predicted octanol–water partition coefficient (Wildman–Crippen LogP) is 1.02. The van der Waals surface area contributed by atoms with Gasteiger partial charge in [-0.05, 0) is 44.7 Å². The fourth-order valence-electron chi connectivity index (χ4n) is 4.24. The van der Waals surface area contributed by atoms with Crippen molar-refractivity contribution in [2.45, 2.75) is 32.7 Å². The Morgan fingerprint density at radius 2 is 2.09 bits per heavy atom. The molecule has 1 atom stereocenters. The highest BCUT2D eigenvalue weighted by Crippen LogP contribution is 2.59. The molecule has 1 spiro atoms. The molecule has 1 aromatic rings. The minimum absolute atomic E-state index is 0.300. The smallest absolute Gasteiger partial charge is 0.226 e. The molecule has 1 saturated carbocycles. The fourth-order valence-corrected chi connectivity index (χ4v) is 4.24. The number of rotatable bonds is 3. The number of hydrogen-bond donors (Lipinski definition) is 1. The van der Waals surface area contributed by atoms with Crippen LogP contribution < -0.4 is 5.32 Å². The summed E-state index contributed by atoms with van der Waals surface area (Å²) in [5.74, 6) is 1.56. The molecule has 126 valence electrons. The first-order chi connectivity index (χ1) is 11.2. The van der Waals surface area contributed by atoms with Gasteiger partial charge in [-0.1, -0.05) is 5.16 Å². The number of nitrogens with zero attached hydrogens (tertiary/aromatic N) is 3. The normalized spacial score (nSPS) is 27.3. The first kappa shape index (κ1) is 15.1. The summed E-state index contributed by atoms with van der Waals surface area (Å²) in [5, 5.41) is 7.46. The highest BCUT2D eigenvalue weighted by molar-refractivity contribution is 5.82. The molecule has 6 nitrogen and oxygen atoms in total. The van der Waals surface area contributed by atoms with Gasteiger partial charge in [-0.2, -0.15) is 0 Å². The van der Waals surface area contributed by atoms with Gasteiger partial charge in [0.05, 0.1) is 5.69 Å². The second kappa shape index (κ2) is 5.91. The van der Waals surface area contributed by atoms with E-state index in [9.17, 15) is 4.79 Å². The Kier molecular flexibility index (Phi) is 3.89. The summed E-state index contributed by atoms with van der Waals surface area (Å²) < 4.78 is 5.12. The summed E-state index contributed by atoms with van der Waals surface area (Å²) in [6.45, 7) is 8.44. The summed E-state index contributed by atoms with van der Waals surface area (Å²) in [4.78, 5) is 17.2. The van der Waals surface area contributed by atoms with Crippen molar-refractivity contribution in [3.8, 4) is 0 Å². The molecule has 0 bridgehead atoms. The molecule has 2 saturated heterocycles. The van der Waals surface area contributed by atoms with Crippen LogP contribution in [0.3, 0.4) is 0 Å². The molecule has 3 fully saturated rings. The zero-order valence-electron chi connectivity index (χ0n) is 13.9. The molecule has 0 radical (unpaired) electrons. The maximum Gasteiger partial charge on any atom is 0.226 e. The van der Waals surface area contributed by atoms with Gasteiger partial charge in [0.1, 0.15) is 5.76 Å². The summed E-state index contributed by atoms with van der Waals surface area (Å²) in [6, 6.07) is 1.99. The van der Waals surface area contributed by atoms with E-state index in [-0.39, 0.29) is 0 Å². The van der Waals surface area contributed by atoms with Crippen LogP contribution in [0.1, 0.15) is 30.7 Å². The van der Waals surface area contributed by atoms with Crippen LogP contribution in [0.25, 0.3) is 0 Å². The maximum atomic E-state index is 12.8. The molecule has 6 heteroatoms. The number of amides is 1. The van der Waals surface area contributed by atoms with Crippen molar-refractivity contribution >= 4 is 5.91 Å². The lowest BCUT2D eigenvalue weighted by Gasteiger charge is -2.35. The second-order valence-electron chi connectivity index (χ2n) is 7.40. The highest BCUT2D eigenvalue weighted by Gasteiger charge is 2.58. The minimum Gasteiger partial charge on any atom is -0.361 e. The van der Waals surface area contributed by atoms with E-state index in [1.165, 1.54) is 12.8 Å². The molecule has 3 aliphatic rings. The number of nitrogens with one attached hydrogen (secondary N) is 1.